The van der Waals surface area contributed by atoms with Crippen LogP contribution >= 0.6 is 12.2 Å². The van der Waals surface area contributed by atoms with Gasteiger partial charge in [0, 0.05) is 12.2 Å². The Hall–Kier alpha value is -2.07. The van der Waals surface area contributed by atoms with Gasteiger partial charge in [-0.05, 0) is 69.2 Å². The number of nitrogens with zero attached hydrogens (tertiary/aromatic N) is 1. The first-order valence-corrected chi connectivity index (χ1v) is 7.90. The zero-order valence-electron chi connectivity index (χ0n) is 13.6. The van der Waals surface area contributed by atoms with E-state index in [9.17, 15) is 0 Å². The molecule has 0 saturated heterocycles. The van der Waals surface area contributed by atoms with Crippen molar-refractivity contribution in [2.24, 2.45) is 0 Å². The van der Waals surface area contributed by atoms with Crippen LogP contribution in [0.2, 0.25) is 0 Å². The van der Waals surface area contributed by atoms with Crippen molar-refractivity contribution in [3.8, 4) is 0 Å². The van der Waals surface area contributed by atoms with E-state index in [-0.39, 0.29) is 0 Å². The standard InChI is InChI=1S/C18H23N3S/c1-5-21(16-11-9-13(2)10-12-16)20-18(22)19-17-8-6-7-14(3)15(17)4/h6-12H,5H2,1-4H3,(H2,19,20,22). The van der Waals surface area contributed by atoms with Crippen LogP contribution in [0.15, 0.2) is 42.5 Å². The number of anilines is 2. The van der Waals surface area contributed by atoms with Crippen molar-refractivity contribution in [3.05, 3.63) is 59.2 Å². The lowest BCUT2D eigenvalue weighted by atomic mass is 10.1. The minimum absolute atomic E-state index is 0.594. The fraction of sp³-hybridized carbons (Fsp3) is 0.278. The number of thiocarbonyl (C=S) groups is 1. The molecule has 0 radical (unpaired) electrons. The maximum absolute atomic E-state index is 5.44. The Morgan fingerprint density at radius 2 is 1.73 bits per heavy atom. The third kappa shape index (κ3) is 3.98. The molecule has 2 N–H and O–H groups in total. The first-order chi connectivity index (χ1) is 10.5. The van der Waals surface area contributed by atoms with E-state index in [4.69, 9.17) is 12.2 Å². The Morgan fingerprint density at radius 1 is 1.05 bits per heavy atom. The third-order valence-electron chi connectivity index (χ3n) is 3.75. The van der Waals surface area contributed by atoms with Gasteiger partial charge in [-0.15, -0.1) is 0 Å². The van der Waals surface area contributed by atoms with Crippen LogP contribution in [-0.4, -0.2) is 11.7 Å². The predicted octanol–water partition coefficient (Wildman–Crippen LogP) is 4.34. The van der Waals surface area contributed by atoms with Crippen LogP contribution in [0.25, 0.3) is 0 Å². The molecule has 0 fully saturated rings. The highest BCUT2D eigenvalue weighted by Crippen LogP contribution is 2.18. The minimum Gasteiger partial charge on any atom is -0.331 e. The summed E-state index contributed by atoms with van der Waals surface area (Å²) in [5.74, 6) is 0. The quantitative estimate of drug-likeness (QED) is 0.648. The number of aryl methyl sites for hydroxylation is 2. The molecule has 22 heavy (non-hydrogen) atoms. The smallest absolute Gasteiger partial charge is 0.189 e. The molecule has 0 atom stereocenters. The molecule has 0 aliphatic rings. The lowest BCUT2D eigenvalue weighted by Crippen LogP contribution is -2.44. The minimum atomic E-state index is 0.594. The summed E-state index contributed by atoms with van der Waals surface area (Å²) in [5.41, 5.74) is 9.09. The molecule has 116 valence electrons. The van der Waals surface area contributed by atoms with E-state index in [0.717, 1.165) is 17.9 Å². The Bertz CT molecular complexity index is 650. The van der Waals surface area contributed by atoms with Crippen molar-refractivity contribution in [1.29, 1.82) is 0 Å². The van der Waals surface area contributed by atoms with Crippen molar-refractivity contribution < 1.29 is 0 Å². The van der Waals surface area contributed by atoms with Crippen molar-refractivity contribution >= 4 is 28.7 Å². The van der Waals surface area contributed by atoms with E-state index >= 15 is 0 Å². The van der Waals surface area contributed by atoms with Gasteiger partial charge in [0.2, 0.25) is 0 Å². The predicted molar refractivity (Wildman–Crippen MR) is 99.5 cm³/mol. The topological polar surface area (TPSA) is 27.3 Å². The van der Waals surface area contributed by atoms with E-state index in [1.807, 2.05) is 17.1 Å². The van der Waals surface area contributed by atoms with Crippen LogP contribution in [0.4, 0.5) is 11.4 Å². The van der Waals surface area contributed by atoms with Gasteiger partial charge in [-0.1, -0.05) is 29.8 Å². The number of hydrazine groups is 1. The van der Waals surface area contributed by atoms with Crippen molar-refractivity contribution in [2.75, 3.05) is 16.9 Å². The third-order valence-corrected chi connectivity index (χ3v) is 3.94. The molecule has 0 saturated carbocycles. The van der Waals surface area contributed by atoms with Crippen LogP contribution in [0.1, 0.15) is 23.6 Å². The van der Waals surface area contributed by atoms with Gasteiger partial charge in [0.25, 0.3) is 0 Å². The fourth-order valence-electron chi connectivity index (χ4n) is 2.21. The van der Waals surface area contributed by atoms with Gasteiger partial charge in [-0.3, -0.25) is 10.4 Å². The van der Waals surface area contributed by atoms with Crippen LogP contribution in [-0.2, 0) is 0 Å². The molecule has 0 aromatic heterocycles. The van der Waals surface area contributed by atoms with Crippen molar-refractivity contribution in [1.82, 2.24) is 5.43 Å². The maximum Gasteiger partial charge on any atom is 0.189 e. The Morgan fingerprint density at radius 3 is 2.36 bits per heavy atom. The molecular weight excluding hydrogens is 290 g/mol. The van der Waals surface area contributed by atoms with Crippen LogP contribution < -0.4 is 15.8 Å². The summed E-state index contributed by atoms with van der Waals surface area (Å²) in [4.78, 5) is 0. The highest BCUT2D eigenvalue weighted by molar-refractivity contribution is 7.80. The summed E-state index contributed by atoms with van der Waals surface area (Å²) in [5, 5.41) is 5.90. The molecule has 0 amide bonds. The van der Waals surface area contributed by atoms with Gasteiger partial charge in [0.1, 0.15) is 0 Å². The van der Waals surface area contributed by atoms with Crippen LogP contribution in [0, 0.1) is 20.8 Å². The van der Waals surface area contributed by atoms with E-state index < -0.39 is 0 Å². The zero-order valence-corrected chi connectivity index (χ0v) is 14.4. The molecular formula is C18H23N3S. The summed E-state index contributed by atoms with van der Waals surface area (Å²) in [7, 11) is 0. The summed E-state index contributed by atoms with van der Waals surface area (Å²) in [6.45, 7) is 9.19. The molecule has 0 heterocycles. The maximum atomic E-state index is 5.44. The van der Waals surface area contributed by atoms with Gasteiger partial charge < -0.3 is 5.32 Å². The summed E-state index contributed by atoms with van der Waals surface area (Å²) < 4.78 is 0. The van der Waals surface area contributed by atoms with Gasteiger partial charge in [0.15, 0.2) is 5.11 Å². The molecule has 2 rings (SSSR count). The zero-order chi connectivity index (χ0) is 16.1. The summed E-state index contributed by atoms with van der Waals surface area (Å²) >= 11 is 5.44. The molecule has 2 aromatic rings. The summed E-state index contributed by atoms with van der Waals surface area (Å²) in [6, 6.07) is 14.5. The fourth-order valence-corrected chi connectivity index (χ4v) is 2.43. The molecule has 3 nitrogen and oxygen atoms in total. The van der Waals surface area contributed by atoms with Gasteiger partial charge in [0.05, 0.1) is 5.69 Å². The second-order valence-electron chi connectivity index (χ2n) is 5.39. The Labute approximate surface area is 138 Å². The van der Waals surface area contributed by atoms with Gasteiger partial charge >= 0.3 is 0 Å². The number of benzene rings is 2. The molecule has 0 bridgehead atoms. The summed E-state index contributed by atoms with van der Waals surface area (Å²) in [6.07, 6.45) is 0. The molecule has 0 spiro atoms. The normalized spacial score (nSPS) is 10.2. The second kappa shape index (κ2) is 7.27. The molecule has 4 heteroatoms. The molecule has 0 unspecified atom stereocenters. The number of hydrogen-bond acceptors (Lipinski definition) is 2. The van der Waals surface area contributed by atoms with Gasteiger partial charge in [-0.2, -0.15) is 0 Å². The van der Waals surface area contributed by atoms with Crippen molar-refractivity contribution in [2.45, 2.75) is 27.7 Å². The van der Waals surface area contributed by atoms with E-state index in [1.165, 1.54) is 16.7 Å². The first-order valence-electron chi connectivity index (χ1n) is 7.49. The Balaban J connectivity index is 2.06. The average molecular weight is 313 g/mol. The highest BCUT2D eigenvalue weighted by Gasteiger charge is 2.07. The number of hydrogen-bond donors (Lipinski definition) is 2. The molecule has 2 aromatic carbocycles. The van der Waals surface area contributed by atoms with Gasteiger partial charge in [-0.25, -0.2) is 0 Å². The second-order valence-corrected chi connectivity index (χ2v) is 5.80. The van der Waals surface area contributed by atoms with E-state index in [1.54, 1.807) is 0 Å². The van der Waals surface area contributed by atoms with E-state index in [0.29, 0.717) is 5.11 Å². The van der Waals surface area contributed by atoms with Crippen LogP contribution in [0.5, 0.6) is 0 Å². The highest BCUT2D eigenvalue weighted by atomic mass is 32.1. The largest absolute Gasteiger partial charge is 0.331 e. The SMILES string of the molecule is CCN(NC(=S)Nc1cccc(C)c1C)c1ccc(C)cc1. The first kappa shape index (κ1) is 16.3. The Kier molecular flexibility index (Phi) is 5.39. The van der Waals surface area contributed by atoms with Crippen molar-refractivity contribution in [3.63, 3.8) is 0 Å². The molecule has 0 aliphatic heterocycles. The monoisotopic (exact) mass is 313 g/mol. The lowest BCUT2D eigenvalue weighted by molar-refractivity contribution is 0.800. The lowest BCUT2D eigenvalue weighted by Gasteiger charge is -2.26. The average Bonchev–Trinajstić information content (AvgIpc) is 2.50. The van der Waals surface area contributed by atoms with E-state index in [2.05, 4.69) is 68.8 Å². The number of rotatable bonds is 4. The van der Waals surface area contributed by atoms with Crippen LogP contribution in [0.3, 0.4) is 0 Å². The molecule has 0 aliphatic carbocycles. The number of nitrogens with one attached hydrogen (secondary N) is 2.